The van der Waals surface area contributed by atoms with E-state index in [4.69, 9.17) is 11.6 Å². The largest absolute Gasteiger partial charge is 0.326 e. The standard InChI is InChI=1S/C20H23ClN2O2/c1-12(2)15-5-7-16(8-6-15)22-18(24)11-19(25)23-20-14(4)9-13(3)10-17(20)21/h5-10,12H,11H2,1-4H3,(H,22,24)(H,23,25). The van der Waals surface area contributed by atoms with Crippen molar-refractivity contribution in [1.29, 1.82) is 0 Å². The Kier molecular flexibility index (Phi) is 6.21. The maximum atomic E-state index is 12.1. The van der Waals surface area contributed by atoms with Gasteiger partial charge in [0.15, 0.2) is 0 Å². The number of anilines is 2. The Hall–Kier alpha value is -2.33. The second-order valence-electron chi connectivity index (χ2n) is 6.49. The number of benzene rings is 2. The van der Waals surface area contributed by atoms with Crippen molar-refractivity contribution in [2.75, 3.05) is 10.6 Å². The van der Waals surface area contributed by atoms with E-state index >= 15 is 0 Å². The highest BCUT2D eigenvalue weighted by Gasteiger charge is 2.13. The van der Waals surface area contributed by atoms with Crippen LogP contribution in [0.3, 0.4) is 0 Å². The molecular weight excluding hydrogens is 336 g/mol. The number of carbonyl (C=O) groups is 2. The molecule has 132 valence electrons. The van der Waals surface area contributed by atoms with Crippen LogP contribution in [0.2, 0.25) is 5.02 Å². The summed E-state index contributed by atoms with van der Waals surface area (Å²) in [7, 11) is 0. The second-order valence-corrected chi connectivity index (χ2v) is 6.90. The molecule has 0 unspecified atom stereocenters. The lowest BCUT2D eigenvalue weighted by atomic mass is 10.0. The van der Waals surface area contributed by atoms with E-state index in [2.05, 4.69) is 24.5 Å². The van der Waals surface area contributed by atoms with E-state index in [9.17, 15) is 9.59 Å². The summed E-state index contributed by atoms with van der Waals surface area (Å²) in [6.07, 6.45) is -0.268. The highest BCUT2D eigenvalue weighted by atomic mass is 35.5. The molecule has 0 fully saturated rings. The molecule has 0 saturated heterocycles. The van der Waals surface area contributed by atoms with Crippen molar-refractivity contribution in [3.63, 3.8) is 0 Å². The van der Waals surface area contributed by atoms with Gasteiger partial charge in [0.1, 0.15) is 6.42 Å². The molecule has 0 aliphatic rings. The summed E-state index contributed by atoms with van der Waals surface area (Å²) < 4.78 is 0. The molecule has 2 rings (SSSR count). The molecule has 0 radical (unpaired) electrons. The first-order chi connectivity index (χ1) is 11.8. The maximum absolute atomic E-state index is 12.1. The topological polar surface area (TPSA) is 58.2 Å². The third-order valence-corrected chi connectivity index (χ3v) is 4.18. The van der Waals surface area contributed by atoms with Crippen LogP contribution in [0.5, 0.6) is 0 Å². The van der Waals surface area contributed by atoms with Crippen LogP contribution in [0.4, 0.5) is 11.4 Å². The number of hydrogen-bond acceptors (Lipinski definition) is 2. The third-order valence-electron chi connectivity index (χ3n) is 3.88. The molecule has 5 heteroatoms. The van der Waals surface area contributed by atoms with Crippen molar-refractivity contribution >= 4 is 34.8 Å². The molecular formula is C20H23ClN2O2. The molecule has 0 heterocycles. The summed E-state index contributed by atoms with van der Waals surface area (Å²) in [5, 5.41) is 5.91. The predicted molar refractivity (Wildman–Crippen MR) is 103 cm³/mol. The molecule has 0 saturated carbocycles. The molecule has 2 amide bonds. The van der Waals surface area contributed by atoms with Crippen molar-refractivity contribution in [1.82, 2.24) is 0 Å². The lowest BCUT2D eigenvalue weighted by Crippen LogP contribution is -2.22. The van der Waals surface area contributed by atoms with Crippen molar-refractivity contribution in [2.45, 2.75) is 40.0 Å². The fraction of sp³-hybridized carbons (Fsp3) is 0.300. The fourth-order valence-corrected chi connectivity index (χ4v) is 2.93. The predicted octanol–water partition coefficient (Wildman–Crippen LogP) is 5.05. The van der Waals surface area contributed by atoms with Gasteiger partial charge in [-0.3, -0.25) is 9.59 Å². The smallest absolute Gasteiger partial charge is 0.233 e. The van der Waals surface area contributed by atoms with Crippen LogP contribution in [-0.2, 0) is 9.59 Å². The molecule has 0 aromatic heterocycles. The van der Waals surface area contributed by atoms with Crippen molar-refractivity contribution in [3.8, 4) is 0 Å². The highest BCUT2D eigenvalue weighted by molar-refractivity contribution is 6.34. The van der Waals surface area contributed by atoms with E-state index in [1.807, 2.05) is 44.2 Å². The van der Waals surface area contributed by atoms with E-state index in [1.54, 1.807) is 6.07 Å². The minimum atomic E-state index is -0.398. The Morgan fingerprint density at radius 1 is 1.00 bits per heavy atom. The molecule has 0 spiro atoms. The van der Waals surface area contributed by atoms with Crippen LogP contribution in [0.15, 0.2) is 36.4 Å². The van der Waals surface area contributed by atoms with E-state index < -0.39 is 5.91 Å². The molecule has 2 N–H and O–H groups in total. The van der Waals surface area contributed by atoms with Crippen LogP contribution in [-0.4, -0.2) is 11.8 Å². The van der Waals surface area contributed by atoms with Crippen LogP contribution in [0, 0.1) is 13.8 Å². The van der Waals surface area contributed by atoms with Gasteiger partial charge in [0.2, 0.25) is 11.8 Å². The van der Waals surface area contributed by atoms with Gasteiger partial charge in [-0.05, 0) is 54.7 Å². The molecule has 4 nitrogen and oxygen atoms in total. The first kappa shape index (κ1) is 19.0. The number of amides is 2. The van der Waals surface area contributed by atoms with Crippen LogP contribution in [0.1, 0.15) is 42.9 Å². The maximum Gasteiger partial charge on any atom is 0.233 e. The lowest BCUT2D eigenvalue weighted by molar-refractivity contribution is -0.123. The zero-order valence-electron chi connectivity index (χ0n) is 14.9. The Morgan fingerprint density at radius 3 is 2.16 bits per heavy atom. The van der Waals surface area contributed by atoms with E-state index in [1.165, 1.54) is 5.56 Å². The number of carbonyl (C=O) groups excluding carboxylic acids is 2. The molecule has 2 aromatic rings. The zero-order valence-corrected chi connectivity index (χ0v) is 15.7. The first-order valence-electron chi connectivity index (χ1n) is 8.22. The van der Waals surface area contributed by atoms with Gasteiger partial charge < -0.3 is 10.6 Å². The second kappa shape index (κ2) is 8.17. The molecule has 0 atom stereocenters. The Bertz CT molecular complexity index is 760. The van der Waals surface area contributed by atoms with Crippen molar-refractivity contribution < 1.29 is 9.59 Å². The molecule has 25 heavy (non-hydrogen) atoms. The Morgan fingerprint density at radius 2 is 1.60 bits per heavy atom. The van der Waals surface area contributed by atoms with Crippen LogP contribution in [0.25, 0.3) is 0 Å². The van der Waals surface area contributed by atoms with Gasteiger partial charge in [0.25, 0.3) is 0 Å². The third kappa shape index (κ3) is 5.33. The fourth-order valence-electron chi connectivity index (χ4n) is 2.56. The van der Waals surface area contributed by atoms with Gasteiger partial charge in [-0.2, -0.15) is 0 Å². The summed E-state index contributed by atoms with van der Waals surface area (Å²) in [5.41, 5.74) is 4.30. The number of rotatable bonds is 5. The molecule has 0 aliphatic heterocycles. The van der Waals surface area contributed by atoms with E-state index in [0.29, 0.717) is 22.3 Å². The average molecular weight is 359 g/mol. The number of hydrogen-bond donors (Lipinski definition) is 2. The summed E-state index contributed by atoms with van der Waals surface area (Å²) in [4.78, 5) is 24.2. The van der Waals surface area contributed by atoms with Gasteiger partial charge in [-0.25, -0.2) is 0 Å². The van der Waals surface area contributed by atoms with Gasteiger partial charge >= 0.3 is 0 Å². The van der Waals surface area contributed by atoms with Crippen molar-refractivity contribution in [3.05, 3.63) is 58.1 Å². The summed E-state index contributed by atoms with van der Waals surface area (Å²) in [5.74, 6) is -0.334. The number of halogens is 1. The van der Waals surface area contributed by atoms with Crippen LogP contribution < -0.4 is 10.6 Å². The highest BCUT2D eigenvalue weighted by Crippen LogP contribution is 2.27. The number of nitrogens with one attached hydrogen (secondary N) is 2. The average Bonchev–Trinajstić information content (AvgIpc) is 2.51. The molecule has 0 aliphatic carbocycles. The first-order valence-corrected chi connectivity index (χ1v) is 8.60. The minimum Gasteiger partial charge on any atom is -0.326 e. The number of aryl methyl sites for hydroxylation is 2. The zero-order chi connectivity index (χ0) is 18.6. The summed E-state index contributed by atoms with van der Waals surface area (Å²) in [6, 6.07) is 11.3. The lowest BCUT2D eigenvalue weighted by Gasteiger charge is -2.12. The van der Waals surface area contributed by atoms with Gasteiger partial charge in [0, 0.05) is 5.69 Å². The van der Waals surface area contributed by atoms with Gasteiger partial charge in [-0.15, -0.1) is 0 Å². The van der Waals surface area contributed by atoms with Crippen LogP contribution >= 0.6 is 11.6 Å². The van der Waals surface area contributed by atoms with Gasteiger partial charge in [0.05, 0.1) is 10.7 Å². The summed E-state index contributed by atoms with van der Waals surface area (Å²) >= 11 is 6.17. The molecule has 0 bridgehead atoms. The quantitative estimate of drug-likeness (QED) is 0.735. The Labute approximate surface area is 153 Å². The normalized spacial score (nSPS) is 10.6. The minimum absolute atomic E-state index is 0.268. The van der Waals surface area contributed by atoms with E-state index in [0.717, 1.165) is 11.1 Å². The summed E-state index contributed by atoms with van der Waals surface area (Å²) in [6.45, 7) is 8.01. The van der Waals surface area contributed by atoms with E-state index in [-0.39, 0.29) is 12.3 Å². The van der Waals surface area contributed by atoms with Crippen molar-refractivity contribution in [2.24, 2.45) is 0 Å². The van der Waals surface area contributed by atoms with Gasteiger partial charge in [-0.1, -0.05) is 43.6 Å². The SMILES string of the molecule is Cc1cc(C)c(NC(=O)CC(=O)Nc2ccc(C(C)C)cc2)c(Cl)c1. The monoisotopic (exact) mass is 358 g/mol. The Balaban J connectivity index is 1.95. The molecule has 2 aromatic carbocycles.